The van der Waals surface area contributed by atoms with Crippen molar-refractivity contribution >= 4 is 11.9 Å². The summed E-state index contributed by atoms with van der Waals surface area (Å²) in [6, 6.07) is 3.63. The van der Waals surface area contributed by atoms with Crippen molar-refractivity contribution in [1.82, 2.24) is 9.47 Å². The highest BCUT2D eigenvalue weighted by molar-refractivity contribution is 5.92. The number of carbonyl (C=O) groups is 2. The lowest BCUT2D eigenvalue weighted by molar-refractivity contribution is -0.138. The maximum absolute atomic E-state index is 12.3. The van der Waals surface area contributed by atoms with Crippen LogP contribution in [-0.4, -0.2) is 39.5 Å². The smallest absolute Gasteiger partial charge is 0.303 e. The van der Waals surface area contributed by atoms with Crippen LogP contribution in [-0.2, 0) is 11.8 Å². The van der Waals surface area contributed by atoms with E-state index in [1.165, 1.54) is 0 Å². The van der Waals surface area contributed by atoms with Crippen molar-refractivity contribution in [3.05, 3.63) is 24.0 Å². The van der Waals surface area contributed by atoms with Crippen LogP contribution in [0, 0.1) is 5.92 Å². The van der Waals surface area contributed by atoms with E-state index in [1.54, 1.807) is 15.5 Å². The fourth-order valence-corrected chi connectivity index (χ4v) is 2.51. The molecule has 1 unspecified atom stereocenters. The molecule has 0 aliphatic carbocycles. The van der Waals surface area contributed by atoms with E-state index in [9.17, 15) is 9.59 Å². The van der Waals surface area contributed by atoms with Gasteiger partial charge in [-0.05, 0) is 30.9 Å². The first kappa shape index (κ1) is 12.7. The monoisotopic (exact) mass is 250 g/mol. The van der Waals surface area contributed by atoms with Crippen LogP contribution in [0.1, 0.15) is 29.8 Å². The normalized spacial score (nSPS) is 19.8. The van der Waals surface area contributed by atoms with E-state index in [0.29, 0.717) is 12.2 Å². The number of carboxylic acid groups (broad SMARTS) is 1. The quantitative estimate of drug-likeness (QED) is 0.880. The van der Waals surface area contributed by atoms with Gasteiger partial charge < -0.3 is 14.6 Å². The number of likely N-dealkylation sites (tertiary alicyclic amines) is 1. The summed E-state index contributed by atoms with van der Waals surface area (Å²) in [6.45, 7) is 1.27. The van der Waals surface area contributed by atoms with Gasteiger partial charge in [0, 0.05) is 32.8 Å². The molecule has 1 atom stereocenters. The van der Waals surface area contributed by atoms with Crippen molar-refractivity contribution in [3.8, 4) is 0 Å². The molecule has 0 aromatic carbocycles. The molecule has 1 fully saturated rings. The van der Waals surface area contributed by atoms with Gasteiger partial charge in [-0.25, -0.2) is 0 Å². The highest BCUT2D eigenvalue weighted by atomic mass is 16.4. The van der Waals surface area contributed by atoms with Crippen molar-refractivity contribution in [2.24, 2.45) is 13.0 Å². The van der Waals surface area contributed by atoms with Crippen LogP contribution in [0.2, 0.25) is 0 Å². The van der Waals surface area contributed by atoms with Gasteiger partial charge in [0.15, 0.2) is 0 Å². The zero-order valence-corrected chi connectivity index (χ0v) is 10.5. The topological polar surface area (TPSA) is 62.5 Å². The minimum Gasteiger partial charge on any atom is -0.481 e. The number of hydrogen-bond donors (Lipinski definition) is 1. The largest absolute Gasteiger partial charge is 0.481 e. The van der Waals surface area contributed by atoms with E-state index in [-0.39, 0.29) is 18.2 Å². The number of aryl methyl sites for hydroxylation is 1. The van der Waals surface area contributed by atoms with Crippen LogP contribution in [0.5, 0.6) is 0 Å². The SMILES string of the molecule is Cn1cccc1C(=O)N1CCCC(CC(=O)O)C1. The van der Waals surface area contributed by atoms with Gasteiger partial charge in [-0.1, -0.05) is 0 Å². The summed E-state index contributed by atoms with van der Waals surface area (Å²) in [5.74, 6) is -0.703. The summed E-state index contributed by atoms with van der Waals surface area (Å²) < 4.78 is 1.79. The molecule has 1 aliphatic heterocycles. The van der Waals surface area contributed by atoms with Crippen molar-refractivity contribution in [2.75, 3.05) is 13.1 Å². The Balaban J connectivity index is 2.03. The minimum absolute atomic E-state index is 0.00223. The average Bonchev–Trinajstić information content (AvgIpc) is 2.74. The molecule has 0 bridgehead atoms. The van der Waals surface area contributed by atoms with Gasteiger partial charge in [-0.15, -0.1) is 0 Å². The van der Waals surface area contributed by atoms with Gasteiger partial charge in [0.1, 0.15) is 5.69 Å². The Bertz CT molecular complexity index is 453. The second kappa shape index (κ2) is 5.25. The third-order valence-corrected chi connectivity index (χ3v) is 3.43. The fourth-order valence-electron chi connectivity index (χ4n) is 2.51. The molecule has 0 saturated carbocycles. The van der Waals surface area contributed by atoms with Crippen molar-refractivity contribution in [3.63, 3.8) is 0 Å². The number of nitrogens with zero attached hydrogens (tertiary/aromatic N) is 2. The second-order valence-corrected chi connectivity index (χ2v) is 4.86. The third-order valence-electron chi connectivity index (χ3n) is 3.43. The predicted molar refractivity (Wildman–Crippen MR) is 66.3 cm³/mol. The number of carbonyl (C=O) groups excluding carboxylic acids is 1. The molecule has 1 aromatic heterocycles. The Kier molecular flexibility index (Phi) is 3.69. The van der Waals surface area contributed by atoms with Gasteiger partial charge in [-0.2, -0.15) is 0 Å². The van der Waals surface area contributed by atoms with Crippen molar-refractivity contribution in [2.45, 2.75) is 19.3 Å². The Labute approximate surface area is 106 Å². The lowest BCUT2D eigenvalue weighted by Gasteiger charge is -2.32. The molecule has 2 rings (SSSR count). The molecule has 1 saturated heterocycles. The first-order valence-electron chi connectivity index (χ1n) is 6.20. The van der Waals surface area contributed by atoms with E-state index in [1.807, 2.05) is 19.3 Å². The molecule has 1 amide bonds. The lowest BCUT2D eigenvalue weighted by Crippen LogP contribution is -2.41. The number of piperidine rings is 1. The molecule has 18 heavy (non-hydrogen) atoms. The summed E-state index contributed by atoms with van der Waals surface area (Å²) in [4.78, 5) is 24.8. The predicted octanol–water partition coefficient (Wildman–Crippen LogP) is 1.35. The highest BCUT2D eigenvalue weighted by Crippen LogP contribution is 2.21. The average molecular weight is 250 g/mol. The maximum Gasteiger partial charge on any atom is 0.303 e. The van der Waals surface area contributed by atoms with Gasteiger partial charge in [-0.3, -0.25) is 9.59 Å². The first-order chi connectivity index (χ1) is 8.58. The van der Waals surface area contributed by atoms with Gasteiger partial charge in [0.25, 0.3) is 5.91 Å². The summed E-state index contributed by atoms with van der Waals surface area (Å²) in [7, 11) is 1.84. The molecule has 1 aromatic rings. The summed E-state index contributed by atoms with van der Waals surface area (Å²) in [5, 5.41) is 8.81. The Hall–Kier alpha value is -1.78. The number of carboxylic acids is 1. The van der Waals surface area contributed by atoms with E-state index in [0.717, 1.165) is 19.4 Å². The third kappa shape index (κ3) is 2.72. The molecule has 1 N–H and O–H groups in total. The highest BCUT2D eigenvalue weighted by Gasteiger charge is 2.26. The molecule has 5 nitrogen and oxygen atoms in total. The Morgan fingerprint density at radius 3 is 2.89 bits per heavy atom. The van der Waals surface area contributed by atoms with Crippen LogP contribution in [0.15, 0.2) is 18.3 Å². The molecule has 1 aliphatic rings. The Morgan fingerprint density at radius 2 is 2.28 bits per heavy atom. The molecule has 0 spiro atoms. The van der Waals surface area contributed by atoms with E-state index < -0.39 is 5.97 Å². The molecule has 0 radical (unpaired) electrons. The van der Waals surface area contributed by atoms with Crippen molar-refractivity contribution < 1.29 is 14.7 Å². The summed E-state index contributed by atoms with van der Waals surface area (Å²) in [6.07, 6.45) is 3.76. The molecule has 5 heteroatoms. The maximum atomic E-state index is 12.3. The van der Waals surface area contributed by atoms with Gasteiger partial charge in [0.05, 0.1) is 0 Å². The summed E-state index contributed by atoms with van der Waals surface area (Å²) >= 11 is 0. The van der Waals surface area contributed by atoms with Crippen molar-refractivity contribution in [1.29, 1.82) is 0 Å². The van der Waals surface area contributed by atoms with E-state index in [2.05, 4.69) is 0 Å². The zero-order chi connectivity index (χ0) is 13.1. The Morgan fingerprint density at radius 1 is 1.50 bits per heavy atom. The molecular weight excluding hydrogens is 232 g/mol. The van der Waals surface area contributed by atoms with Crippen LogP contribution < -0.4 is 0 Å². The van der Waals surface area contributed by atoms with Crippen LogP contribution in [0.25, 0.3) is 0 Å². The van der Waals surface area contributed by atoms with Crippen LogP contribution in [0.3, 0.4) is 0 Å². The number of amides is 1. The standard InChI is InChI=1S/C13H18N2O3/c1-14-6-3-5-11(14)13(18)15-7-2-4-10(9-15)8-12(16)17/h3,5-6,10H,2,4,7-9H2,1H3,(H,16,17). The second-order valence-electron chi connectivity index (χ2n) is 4.86. The van der Waals surface area contributed by atoms with Crippen LogP contribution >= 0.6 is 0 Å². The van der Waals surface area contributed by atoms with Crippen LogP contribution in [0.4, 0.5) is 0 Å². The number of hydrogen-bond acceptors (Lipinski definition) is 2. The number of aliphatic carboxylic acids is 1. The zero-order valence-electron chi connectivity index (χ0n) is 10.5. The van der Waals surface area contributed by atoms with Gasteiger partial charge >= 0.3 is 5.97 Å². The van der Waals surface area contributed by atoms with E-state index in [4.69, 9.17) is 5.11 Å². The summed E-state index contributed by atoms with van der Waals surface area (Å²) in [5.41, 5.74) is 0.658. The first-order valence-corrected chi connectivity index (χ1v) is 6.20. The van der Waals surface area contributed by atoms with Gasteiger partial charge in [0.2, 0.25) is 0 Å². The molecule has 98 valence electrons. The lowest BCUT2D eigenvalue weighted by atomic mass is 9.94. The fraction of sp³-hybridized carbons (Fsp3) is 0.538. The van der Waals surface area contributed by atoms with E-state index >= 15 is 0 Å². The number of rotatable bonds is 3. The molecular formula is C13H18N2O3. The molecule has 2 heterocycles. The number of aromatic nitrogens is 1. The minimum atomic E-state index is -0.784.